The van der Waals surface area contributed by atoms with Gasteiger partial charge in [0.15, 0.2) is 0 Å². The first-order valence-corrected chi connectivity index (χ1v) is 5.17. The van der Waals surface area contributed by atoms with Crippen molar-refractivity contribution in [3.63, 3.8) is 0 Å². The molecule has 0 aliphatic heterocycles. The van der Waals surface area contributed by atoms with Gasteiger partial charge >= 0.3 is 5.97 Å². The molecule has 3 N–H and O–H groups in total. The lowest BCUT2D eigenvalue weighted by Crippen LogP contribution is -2.05. The maximum atomic E-state index is 11.6. The molecule has 0 saturated heterocycles. The lowest BCUT2D eigenvalue weighted by molar-refractivity contribution is 0.0526. The third kappa shape index (κ3) is 1.62. The topological polar surface area (TPSA) is 68.1 Å². The minimum atomic E-state index is -0.336. The van der Waals surface area contributed by atoms with E-state index in [2.05, 4.69) is 4.98 Å². The van der Waals surface area contributed by atoms with E-state index in [9.17, 15) is 4.79 Å². The van der Waals surface area contributed by atoms with Gasteiger partial charge < -0.3 is 15.5 Å². The van der Waals surface area contributed by atoms with Crippen molar-refractivity contribution in [1.82, 2.24) is 4.98 Å². The summed E-state index contributed by atoms with van der Waals surface area (Å²) in [6.45, 7) is 4.11. The van der Waals surface area contributed by atoms with Crippen LogP contribution in [0.3, 0.4) is 0 Å². The number of anilines is 1. The Kier molecular flexibility index (Phi) is 2.56. The molecule has 0 radical (unpaired) electrons. The van der Waals surface area contributed by atoms with Crippen molar-refractivity contribution in [2.24, 2.45) is 0 Å². The van der Waals surface area contributed by atoms with E-state index in [4.69, 9.17) is 10.5 Å². The van der Waals surface area contributed by atoms with Crippen molar-refractivity contribution < 1.29 is 9.53 Å². The Balaban J connectivity index is 2.56. The smallest absolute Gasteiger partial charge is 0.338 e. The van der Waals surface area contributed by atoms with Gasteiger partial charge in [-0.1, -0.05) is 0 Å². The second-order valence-corrected chi connectivity index (χ2v) is 3.68. The number of hydrogen-bond acceptors (Lipinski definition) is 3. The highest BCUT2D eigenvalue weighted by atomic mass is 16.5. The van der Waals surface area contributed by atoms with Gasteiger partial charge in [-0.05, 0) is 31.5 Å². The number of aryl methyl sites for hydroxylation is 1. The molecule has 4 heteroatoms. The molecule has 0 fully saturated rings. The fourth-order valence-corrected chi connectivity index (χ4v) is 1.73. The summed E-state index contributed by atoms with van der Waals surface area (Å²) < 4.78 is 4.94. The zero-order valence-corrected chi connectivity index (χ0v) is 9.33. The van der Waals surface area contributed by atoms with E-state index in [1.54, 1.807) is 19.1 Å². The highest BCUT2D eigenvalue weighted by Gasteiger charge is 2.11. The van der Waals surface area contributed by atoms with Gasteiger partial charge in [-0.3, -0.25) is 0 Å². The van der Waals surface area contributed by atoms with E-state index in [0.717, 1.165) is 16.5 Å². The highest BCUT2D eigenvalue weighted by molar-refractivity contribution is 6.00. The molecule has 1 aromatic carbocycles. The number of benzene rings is 1. The molecule has 0 bridgehead atoms. The Hall–Kier alpha value is -1.97. The molecule has 4 nitrogen and oxygen atoms in total. The van der Waals surface area contributed by atoms with Crippen molar-refractivity contribution in [3.8, 4) is 0 Å². The minimum absolute atomic E-state index is 0.336. The zero-order chi connectivity index (χ0) is 11.7. The molecule has 0 aliphatic rings. The predicted molar refractivity (Wildman–Crippen MR) is 63.4 cm³/mol. The first-order valence-electron chi connectivity index (χ1n) is 5.17. The summed E-state index contributed by atoms with van der Waals surface area (Å²) in [5.74, 6) is -0.336. The van der Waals surface area contributed by atoms with Crippen LogP contribution >= 0.6 is 0 Å². The number of nitrogens with one attached hydrogen (secondary N) is 1. The number of esters is 1. The molecule has 84 valence electrons. The van der Waals surface area contributed by atoms with Gasteiger partial charge in [0.2, 0.25) is 0 Å². The predicted octanol–water partition coefficient (Wildman–Crippen LogP) is 2.24. The quantitative estimate of drug-likeness (QED) is 0.600. The van der Waals surface area contributed by atoms with Gasteiger partial charge in [0, 0.05) is 11.6 Å². The maximum Gasteiger partial charge on any atom is 0.338 e. The van der Waals surface area contributed by atoms with Crippen molar-refractivity contribution in [3.05, 3.63) is 29.5 Å². The number of H-pyrrole nitrogens is 1. The number of nitrogen functional groups attached to an aromatic ring is 1. The van der Waals surface area contributed by atoms with Gasteiger partial charge in [-0.15, -0.1) is 0 Å². The number of aromatic amines is 1. The first-order chi connectivity index (χ1) is 7.63. The molecule has 0 amide bonds. The lowest BCUT2D eigenvalue weighted by Gasteiger charge is -2.04. The number of ether oxygens (including phenoxy) is 1. The maximum absolute atomic E-state index is 11.6. The molecule has 0 aliphatic carbocycles. The van der Waals surface area contributed by atoms with Gasteiger partial charge in [-0.2, -0.15) is 0 Å². The van der Waals surface area contributed by atoms with E-state index in [1.807, 2.05) is 13.1 Å². The van der Waals surface area contributed by atoms with Crippen molar-refractivity contribution in [2.75, 3.05) is 12.3 Å². The highest BCUT2D eigenvalue weighted by Crippen LogP contribution is 2.25. The van der Waals surface area contributed by atoms with E-state index in [-0.39, 0.29) is 5.97 Å². The van der Waals surface area contributed by atoms with Crippen molar-refractivity contribution in [2.45, 2.75) is 13.8 Å². The van der Waals surface area contributed by atoms with Crippen LogP contribution in [0.15, 0.2) is 18.3 Å². The van der Waals surface area contributed by atoms with Crippen molar-refractivity contribution in [1.29, 1.82) is 0 Å². The second kappa shape index (κ2) is 3.89. The number of aromatic nitrogens is 1. The van der Waals surface area contributed by atoms with Crippen LogP contribution in [-0.2, 0) is 4.74 Å². The molecule has 2 rings (SSSR count). The second-order valence-electron chi connectivity index (χ2n) is 3.68. The summed E-state index contributed by atoms with van der Waals surface area (Å²) in [6.07, 6.45) is 1.87. The van der Waals surface area contributed by atoms with E-state index < -0.39 is 0 Å². The van der Waals surface area contributed by atoms with Gasteiger partial charge in [0.25, 0.3) is 0 Å². The fourth-order valence-electron chi connectivity index (χ4n) is 1.73. The number of carbonyl (C=O) groups is 1. The van der Waals surface area contributed by atoms with E-state index in [0.29, 0.717) is 17.9 Å². The molecule has 0 unspecified atom stereocenters. The average Bonchev–Trinajstić information content (AvgIpc) is 2.61. The van der Waals surface area contributed by atoms with Crippen LogP contribution in [0.25, 0.3) is 10.9 Å². The third-order valence-corrected chi connectivity index (χ3v) is 2.54. The molecule has 0 spiro atoms. The molecule has 1 heterocycles. The standard InChI is InChI=1S/C12H14N2O2/c1-3-16-12(15)8-4-9-7(2)6-14-11(9)10(13)5-8/h4-6,14H,3,13H2,1-2H3. The Morgan fingerprint density at radius 2 is 2.25 bits per heavy atom. The van der Waals surface area contributed by atoms with Crippen LogP contribution in [0.2, 0.25) is 0 Å². The van der Waals surface area contributed by atoms with Crippen LogP contribution < -0.4 is 5.73 Å². The first kappa shape index (κ1) is 10.5. The summed E-state index contributed by atoms with van der Waals surface area (Å²) in [4.78, 5) is 14.7. The van der Waals surface area contributed by atoms with Crippen LogP contribution in [0.1, 0.15) is 22.8 Å². The van der Waals surface area contributed by atoms with Gasteiger partial charge in [0.1, 0.15) is 0 Å². The molecule has 2 aromatic rings. The summed E-state index contributed by atoms with van der Waals surface area (Å²) in [5, 5.41) is 0.961. The molecule has 16 heavy (non-hydrogen) atoms. The fraction of sp³-hybridized carbons (Fsp3) is 0.250. The molecule has 0 saturated carbocycles. The normalized spacial score (nSPS) is 10.6. The number of hydrogen-bond donors (Lipinski definition) is 2. The molecule has 0 atom stereocenters. The Morgan fingerprint density at radius 3 is 2.94 bits per heavy atom. The Morgan fingerprint density at radius 1 is 1.50 bits per heavy atom. The largest absolute Gasteiger partial charge is 0.462 e. The molecule has 1 aromatic heterocycles. The summed E-state index contributed by atoms with van der Waals surface area (Å²) >= 11 is 0. The third-order valence-electron chi connectivity index (χ3n) is 2.54. The van der Waals surface area contributed by atoms with Crippen molar-refractivity contribution >= 4 is 22.6 Å². The average molecular weight is 218 g/mol. The molecular formula is C12H14N2O2. The Bertz CT molecular complexity index is 543. The van der Waals surface area contributed by atoms with Crippen LogP contribution in [0, 0.1) is 6.92 Å². The number of carbonyl (C=O) groups excluding carboxylic acids is 1. The van der Waals surface area contributed by atoms with Crippen LogP contribution in [0.4, 0.5) is 5.69 Å². The Labute approximate surface area is 93.4 Å². The van der Waals surface area contributed by atoms with Gasteiger partial charge in [0.05, 0.1) is 23.4 Å². The number of rotatable bonds is 2. The summed E-state index contributed by atoms with van der Waals surface area (Å²) in [7, 11) is 0. The van der Waals surface area contributed by atoms with Gasteiger partial charge in [-0.25, -0.2) is 4.79 Å². The SMILES string of the molecule is CCOC(=O)c1cc(N)c2[nH]cc(C)c2c1. The number of nitrogens with two attached hydrogens (primary N) is 1. The summed E-state index contributed by atoms with van der Waals surface area (Å²) in [6, 6.07) is 3.44. The zero-order valence-electron chi connectivity index (χ0n) is 9.33. The molecular weight excluding hydrogens is 204 g/mol. The van der Waals surface area contributed by atoms with E-state index in [1.165, 1.54) is 0 Å². The lowest BCUT2D eigenvalue weighted by atomic mass is 10.1. The minimum Gasteiger partial charge on any atom is -0.462 e. The van der Waals surface area contributed by atoms with Crippen LogP contribution in [0.5, 0.6) is 0 Å². The monoisotopic (exact) mass is 218 g/mol. The van der Waals surface area contributed by atoms with Crippen LogP contribution in [-0.4, -0.2) is 17.6 Å². The number of fused-ring (bicyclic) bond motifs is 1. The summed E-state index contributed by atoms with van der Waals surface area (Å²) in [5.41, 5.74) is 8.85. The van der Waals surface area contributed by atoms with E-state index >= 15 is 0 Å².